The second-order valence-corrected chi connectivity index (χ2v) is 7.36. The van der Waals surface area contributed by atoms with Gasteiger partial charge in [-0.25, -0.2) is 0 Å². The number of benzene rings is 1. The summed E-state index contributed by atoms with van der Waals surface area (Å²) in [4.78, 5) is 13.2. The third-order valence-corrected chi connectivity index (χ3v) is 3.87. The van der Waals surface area contributed by atoms with Crippen molar-refractivity contribution >= 4 is 5.91 Å². The first-order valence-corrected chi connectivity index (χ1v) is 7.83. The predicted octanol–water partition coefficient (Wildman–Crippen LogP) is 1.91. The van der Waals surface area contributed by atoms with Gasteiger partial charge in [-0.1, -0.05) is 45.0 Å². The van der Waals surface area contributed by atoms with Crippen LogP contribution in [0.4, 0.5) is 0 Å². The summed E-state index contributed by atoms with van der Waals surface area (Å²) in [7, 11) is 2.07. The van der Waals surface area contributed by atoms with Crippen molar-refractivity contribution in [3.05, 3.63) is 35.4 Å². The number of rotatable bonds is 5. The van der Waals surface area contributed by atoms with E-state index in [0.717, 1.165) is 6.54 Å². The second kappa shape index (κ2) is 7.08. The highest BCUT2D eigenvalue weighted by molar-refractivity contribution is 5.80. The smallest absolute Gasteiger partial charge is 0.278 e. The van der Waals surface area contributed by atoms with Gasteiger partial charge >= 0.3 is 0 Å². The van der Waals surface area contributed by atoms with Crippen LogP contribution in [0.5, 0.6) is 0 Å². The van der Waals surface area contributed by atoms with Crippen molar-refractivity contribution in [2.45, 2.75) is 65.6 Å². The van der Waals surface area contributed by atoms with Gasteiger partial charge in [0, 0.05) is 11.6 Å². The maximum atomic E-state index is 12.0. The van der Waals surface area contributed by atoms with Gasteiger partial charge in [-0.3, -0.25) is 4.79 Å². The number of likely N-dealkylation sites (N-methyl/N-ethyl adjacent to an activating group) is 1. The van der Waals surface area contributed by atoms with Gasteiger partial charge < -0.3 is 10.2 Å². The lowest BCUT2D eigenvalue weighted by molar-refractivity contribution is -0.908. The number of quaternary nitrogens is 1. The standard InChI is InChI=1S/C18H30N2O/c1-13(2)19-17(21)14(3)20(7)12-15-8-10-16(11-9-15)18(4,5)6/h8-11,13-14H,12H2,1-7H3,(H,19,21)/p+1/t14-/m1/s1. The maximum Gasteiger partial charge on any atom is 0.278 e. The van der Waals surface area contributed by atoms with Crippen molar-refractivity contribution in [2.75, 3.05) is 7.05 Å². The van der Waals surface area contributed by atoms with Crippen LogP contribution in [-0.2, 0) is 16.8 Å². The third-order valence-electron chi connectivity index (χ3n) is 3.87. The van der Waals surface area contributed by atoms with Crippen LogP contribution in [0, 0.1) is 0 Å². The minimum Gasteiger partial charge on any atom is -0.349 e. The Kier molecular flexibility index (Phi) is 5.97. The molecule has 0 aliphatic heterocycles. The van der Waals surface area contributed by atoms with E-state index in [1.165, 1.54) is 16.0 Å². The fraction of sp³-hybridized carbons (Fsp3) is 0.611. The molecule has 0 heterocycles. The fourth-order valence-electron chi connectivity index (χ4n) is 2.23. The van der Waals surface area contributed by atoms with E-state index in [1.807, 2.05) is 20.8 Å². The molecule has 0 saturated carbocycles. The highest BCUT2D eigenvalue weighted by Crippen LogP contribution is 2.21. The molecule has 0 radical (unpaired) electrons. The topological polar surface area (TPSA) is 33.5 Å². The molecule has 2 N–H and O–H groups in total. The van der Waals surface area contributed by atoms with Gasteiger partial charge in [0.15, 0.2) is 6.04 Å². The van der Waals surface area contributed by atoms with Gasteiger partial charge in [-0.05, 0) is 31.7 Å². The highest BCUT2D eigenvalue weighted by Gasteiger charge is 2.22. The molecule has 0 spiro atoms. The number of carbonyl (C=O) groups excluding carboxylic acids is 1. The van der Waals surface area contributed by atoms with E-state index in [2.05, 4.69) is 57.4 Å². The van der Waals surface area contributed by atoms with Gasteiger partial charge in [0.25, 0.3) is 5.91 Å². The van der Waals surface area contributed by atoms with E-state index in [0.29, 0.717) is 0 Å². The Morgan fingerprint density at radius 2 is 1.67 bits per heavy atom. The molecule has 3 nitrogen and oxygen atoms in total. The van der Waals surface area contributed by atoms with Gasteiger partial charge in [-0.15, -0.1) is 0 Å². The summed E-state index contributed by atoms with van der Waals surface area (Å²) in [6.45, 7) is 13.5. The van der Waals surface area contributed by atoms with Crippen molar-refractivity contribution in [1.82, 2.24) is 5.32 Å². The Morgan fingerprint density at radius 1 is 1.14 bits per heavy atom. The van der Waals surface area contributed by atoms with Crippen molar-refractivity contribution in [3.8, 4) is 0 Å². The van der Waals surface area contributed by atoms with Crippen LogP contribution in [-0.4, -0.2) is 25.0 Å². The molecule has 0 aromatic heterocycles. The van der Waals surface area contributed by atoms with E-state index in [4.69, 9.17) is 0 Å². The summed E-state index contributed by atoms with van der Waals surface area (Å²) < 4.78 is 0. The van der Waals surface area contributed by atoms with Crippen LogP contribution < -0.4 is 10.2 Å². The zero-order valence-electron chi connectivity index (χ0n) is 14.6. The van der Waals surface area contributed by atoms with E-state index in [1.54, 1.807) is 0 Å². The largest absolute Gasteiger partial charge is 0.349 e. The molecular formula is C18H31N2O+. The minimum atomic E-state index is -0.0466. The molecule has 0 aliphatic rings. The molecule has 1 rings (SSSR count). The molecule has 0 fully saturated rings. The van der Waals surface area contributed by atoms with Crippen molar-refractivity contribution in [2.24, 2.45) is 0 Å². The summed E-state index contributed by atoms with van der Waals surface area (Å²) in [5.74, 6) is 0.119. The highest BCUT2D eigenvalue weighted by atomic mass is 16.2. The second-order valence-electron chi connectivity index (χ2n) is 7.36. The normalized spacial score (nSPS) is 14.9. The van der Waals surface area contributed by atoms with Crippen LogP contribution in [0.15, 0.2) is 24.3 Å². The number of nitrogens with one attached hydrogen (secondary N) is 2. The van der Waals surface area contributed by atoms with Crippen LogP contribution in [0.2, 0.25) is 0 Å². The Labute approximate surface area is 129 Å². The molecule has 0 saturated heterocycles. The summed E-state index contributed by atoms with van der Waals surface area (Å²) >= 11 is 0. The summed E-state index contributed by atoms with van der Waals surface area (Å²) in [5.41, 5.74) is 2.79. The van der Waals surface area contributed by atoms with E-state index >= 15 is 0 Å². The van der Waals surface area contributed by atoms with E-state index in [9.17, 15) is 4.79 Å². The average Bonchev–Trinajstić information content (AvgIpc) is 2.36. The van der Waals surface area contributed by atoms with E-state index < -0.39 is 0 Å². The molecule has 1 aromatic carbocycles. The van der Waals surface area contributed by atoms with Crippen molar-refractivity contribution in [1.29, 1.82) is 0 Å². The van der Waals surface area contributed by atoms with Crippen LogP contribution in [0.3, 0.4) is 0 Å². The fourth-order valence-corrected chi connectivity index (χ4v) is 2.23. The van der Waals surface area contributed by atoms with Gasteiger partial charge in [0.1, 0.15) is 6.54 Å². The first-order valence-electron chi connectivity index (χ1n) is 7.83. The quantitative estimate of drug-likeness (QED) is 0.854. The van der Waals surface area contributed by atoms with Crippen LogP contribution >= 0.6 is 0 Å². The lowest BCUT2D eigenvalue weighted by Crippen LogP contribution is -3.12. The summed E-state index contributed by atoms with van der Waals surface area (Å²) in [6, 6.07) is 8.89. The van der Waals surface area contributed by atoms with Gasteiger partial charge in [-0.2, -0.15) is 0 Å². The Bertz CT molecular complexity index is 457. The number of hydrogen-bond donors (Lipinski definition) is 2. The van der Waals surface area contributed by atoms with Crippen LogP contribution in [0.25, 0.3) is 0 Å². The van der Waals surface area contributed by atoms with Crippen molar-refractivity contribution < 1.29 is 9.69 Å². The summed E-state index contributed by atoms with van der Waals surface area (Å²) in [6.07, 6.45) is 0. The van der Waals surface area contributed by atoms with Gasteiger partial charge in [0.2, 0.25) is 0 Å². The number of carbonyl (C=O) groups is 1. The monoisotopic (exact) mass is 291 g/mol. The lowest BCUT2D eigenvalue weighted by Gasteiger charge is -2.23. The molecule has 0 bridgehead atoms. The summed E-state index contributed by atoms with van der Waals surface area (Å²) in [5, 5.41) is 2.98. The first-order chi connectivity index (χ1) is 9.61. The number of hydrogen-bond acceptors (Lipinski definition) is 1. The molecular weight excluding hydrogens is 260 g/mol. The predicted molar refractivity (Wildman–Crippen MR) is 88.5 cm³/mol. The van der Waals surface area contributed by atoms with Gasteiger partial charge in [0.05, 0.1) is 7.05 Å². The lowest BCUT2D eigenvalue weighted by atomic mass is 9.87. The molecule has 1 aromatic rings. The molecule has 2 atom stereocenters. The van der Waals surface area contributed by atoms with Crippen LogP contribution in [0.1, 0.15) is 52.7 Å². The first kappa shape index (κ1) is 17.7. The van der Waals surface area contributed by atoms with E-state index in [-0.39, 0.29) is 23.4 Å². The third kappa shape index (κ3) is 5.50. The van der Waals surface area contributed by atoms with Crippen molar-refractivity contribution in [3.63, 3.8) is 0 Å². The minimum absolute atomic E-state index is 0.0466. The SMILES string of the molecule is CC(C)NC(=O)[C@@H](C)[NH+](C)Cc1ccc(C(C)(C)C)cc1. The Hall–Kier alpha value is -1.35. The molecule has 0 aliphatic carbocycles. The molecule has 118 valence electrons. The maximum absolute atomic E-state index is 12.0. The molecule has 1 amide bonds. The molecule has 21 heavy (non-hydrogen) atoms. The molecule has 1 unspecified atom stereocenters. The Balaban J connectivity index is 2.66. The zero-order valence-corrected chi connectivity index (χ0v) is 14.6. The number of amides is 1. The zero-order chi connectivity index (χ0) is 16.2. The average molecular weight is 291 g/mol. The Morgan fingerprint density at radius 3 is 2.10 bits per heavy atom. The molecule has 3 heteroatoms.